The van der Waals surface area contributed by atoms with Gasteiger partial charge in [0.2, 0.25) is 5.91 Å². The van der Waals surface area contributed by atoms with E-state index in [0.29, 0.717) is 0 Å². The first kappa shape index (κ1) is 11.3. The Hall–Kier alpha value is -1.77. The number of aromatic amines is 1. The number of H-pyrrole nitrogens is 1. The molecule has 3 rings (SSSR count). The van der Waals surface area contributed by atoms with Crippen LogP contribution in [0.25, 0.3) is 10.9 Å². The fourth-order valence-electron chi connectivity index (χ4n) is 2.74. The second-order valence-corrected chi connectivity index (χ2v) is 5.10. The third-order valence-electron chi connectivity index (χ3n) is 3.80. The van der Waals surface area contributed by atoms with Gasteiger partial charge in [-0.25, -0.2) is 0 Å². The molecular weight excluding hydrogens is 224 g/mol. The normalized spacial score (nSPS) is 16.9. The van der Waals surface area contributed by atoms with Gasteiger partial charge in [0, 0.05) is 28.7 Å². The summed E-state index contributed by atoms with van der Waals surface area (Å²) in [5.41, 5.74) is 2.00. The standard InChI is InChI=1S/C15H18N2O/c18-15(11-4-2-1-3-5-11)17-13-6-7-14-12(10-13)8-9-16-14/h6-11,16H,1-5H2,(H,17,18). The number of benzene rings is 1. The maximum Gasteiger partial charge on any atom is 0.227 e. The Balaban J connectivity index is 1.72. The van der Waals surface area contributed by atoms with Crippen LogP contribution in [0.4, 0.5) is 5.69 Å². The molecule has 18 heavy (non-hydrogen) atoms. The second-order valence-electron chi connectivity index (χ2n) is 5.10. The van der Waals surface area contributed by atoms with Gasteiger partial charge in [-0.15, -0.1) is 0 Å². The Morgan fingerprint density at radius 2 is 2.00 bits per heavy atom. The molecule has 1 aliphatic carbocycles. The molecule has 1 aliphatic rings. The summed E-state index contributed by atoms with van der Waals surface area (Å²) in [5, 5.41) is 4.18. The van der Waals surface area contributed by atoms with Gasteiger partial charge in [0.15, 0.2) is 0 Å². The molecule has 1 aromatic heterocycles. The Kier molecular flexibility index (Phi) is 3.05. The molecule has 3 nitrogen and oxygen atoms in total. The number of amides is 1. The van der Waals surface area contributed by atoms with Crippen molar-refractivity contribution in [2.75, 3.05) is 5.32 Å². The molecule has 0 atom stereocenters. The lowest BCUT2D eigenvalue weighted by molar-refractivity contribution is -0.120. The zero-order chi connectivity index (χ0) is 12.4. The number of carbonyl (C=O) groups is 1. The van der Waals surface area contributed by atoms with Crippen molar-refractivity contribution in [1.29, 1.82) is 0 Å². The highest BCUT2D eigenvalue weighted by atomic mass is 16.1. The van der Waals surface area contributed by atoms with E-state index in [1.807, 2.05) is 30.5 Å². The average molecular weight is 242 g/mol. The van der Waals surface area contributed by atoms with Crippen LogP contribution in [0.5, 0.6) is 0 Å². The lowest BCUT2D eigenvalue weighted by atomic mass is 9.88. The fourth-order valence-corrected chi connectivity index (χ4v) is 2.74. The van der Waals surface area contributed by atoms with E-state index in [-0.39, 0.29) is 11.8 Å². The van der Waals surface area contributed by atoms with Crippen molar-refractivity contribution >= 4 is 22.5 Å². The van der Waals surface area contributed by atoms with Gasteiger partial charge in [-0.3, -0.25) is 4.79 Å². The van der Waals surface area contributed by atoms with E-state index in [2.05, 4.69) is 10.3 Å². The third kappa shape index (κ3) is 2.26. The average Bonchev–Trinajstić information content (AvgIpc) is 2.87. The third-order valence-corrected chi connectivity index (χ3v) is 3.80. The first-order valence-electron chi connectivity index (χ1n) is 6.71. The fraction of sp³-hybridized carbons (Fsp3) is 0.400. The van der Waals surface area contributed by atoms with E-state index in [4.69, 9.17) is 0 Å². The van der Waals surface area contributed by atoms with Gasteiger partial charge in [-0.2, -0.15) is 0 Å². The van der Waals surface area contributed by atoms with Crippen LogP contribution in [0.15, 0.2) is 30.5 Å². The number of nitrogens with one attached hydrogen (secondary N) is 2. The minimum Gasteiger partial charge on any atom is -0.361 e. The van der Waals surface area contributed by atoms with Gasteiger partial charge in [0.25, 0.3) is 0 Å². The quantitative estimate of drug-likeness (QED) is 0.828. The minimum atomic E-state index is 0.185. The first-order chi connectivity index (χ1) is 8.83. The molecule has 1 saturated carbocycles. The van der Waals surface area contributed by atoms with E-state index in [1.54, 1.807) is 0 Å². The van der Waals surface area contributed by atoms with Crippen molar-refractivity contribution in [2.45, 2.75) is 32.1 Å². The summed E-state index contributed by atoms with van der Waals surface area (Å²) in [7, 11) is 0. The molecule has 1 fully saturated rings. The van der Waals surface area contributed by atoms with Gasteiger partial charge >= 0.3 is 0 Å². The number of anilines is 1. The summed E-state index contributed by atoms with van der Waals surface area (Å²) in [6.07, 6.45) is 7.65. The van der Waals surface area contributed by atoms with Gasteiger partial charge in [0.1, 0.15) is 0 Å². The molecular formula is C15H18N2O. The van der Waals surface area contributed by atoms with E-state index in [1.165, 1.54) is 19.3 Å². The smallest absolute Gasteiger partial charge is 0.227 e. The molecule has 1 amide bonds. The van der Waals surface area contributed by atoms with Crippen molar-refractivity contribution in [3.8, 4) is 0 Å². The molecule has 0 radical (unpaired) electrons. The predicted octanol–water partition coefficient (Wildman–Crippen LogP) is 3.69. The molecule has 0 bridgehead atoms. The summed E-state index contributed by atoms with van der Waals surface area (Å²) >= 11 is 0. The van der Waals surface area contributed by atoms with E-state index >= 15 is 0 Å². The molecule has 1 heterocycles. The first-order valence-corrected chi connectivity index (χ1v) is 6.71. The van der Waals surface area contributed by atoms with Gasteiger partial charge in [-0.05, 0) is 37.1 Å². The van der Waals surface area contributed by atoms with Crippen LogP contribution in [0, 0.1) is 5.92 Å². The Labute approximate surface area is 107 Å². The van der Waals surface area contributed by atoms with Crippen LogP contribution in [0.2, 0.25) is 0 Å². The Bertz CT molecular complexity index is 552. The highest BCUT2D eigenvalue weighted by Gasteiger charge is 2.20. The van der Waals surface area contributed by atoms with Crippen molar-refractivity contribution < 1.29 is 4.79 Å². The monoisotopic (exact) mass is 242 g/mol. The molecule has 0 spiro atoms. The van der Waals surface area contributed by atoms with E-state index < -0.39 is 0 Å². The zero-order valence-corrected chi connectivity index (χ0v) is 10.4. The number of fused-ring (bicyclic) bond motifs is 1. The van der Waals surface area contributed by atoms with Gasteiger partial charge < -0.3 is 10.3 Å². The van der Waals surface area contributed by atoms with Crippen LogP contribution >= 0.6 is 0 Å². The van der Waals surface area contributed by atoms with Crippen LogP contribution in [0.3, 0.4) is 0 Å². The van der Waals surface area contributed by atoms with Crippen LogP contribution in [-0.2, 0) is 4.79 Å². The van der Waals surface area contributed by atoms with Crippen molar-refractivity contribution in [3.63, 3.8) is 0 Å². The number of hydrogen-bond acceptors (Lipinski definition) is 1. The predicted molar refractivity (Wildman–Crippen MR) is 73.5 cm³/mol. The lowest BCUT2D eigenvalue weighted by Crippen LogP contribution is -2.24. The van der Waals surface area contributed by atoms with Crippen LogP contribution in [-0.4, -0.2) is 10.9 Å². The maximum absolute atomic E-state index is 12.1. The molecule has 3 heteroatoms. The molecule has 2 aromatic rings. The Morgan fingerprint density at radius 3 is 2.83 bits per heavy atom. The van der Waals surface area contributed by atoms with E-state index in [0.717, 1.165) is 29.4 Å². The molecule has 94 valence electrons. The molecule has 0 unspecified atom stereocenters. The minimum absolute atomic E-state index is 0.185. The zero-order valence-electron chi connectivity index (χ0n) is 10.4. The SMILES string of the molecule is O=C(Nc1ccc2[nH]ccc2c1)C1CCCCC1. The molecule has 0 aliphatic heterocycles. The van der Waals surface area contributed by atoms with Crippen molar-refractivity contribution in [1.82, 2.24) is 4.98 Å². The molecule has 0 saturated heterocycles. The molecule has 1 aromatic carbocycles. The highest BCUT2D eigenvalue weighted by molar-refractivity contribution is 5.95. The summed E-state index contributed by atoms with van der Waals surface area (Å²) in [6.45, 7) is 0. The topological polar surface area (TPSA) is 44.9 Å². The highest BCUT2D eigenvalue weighted by Crippen LogP contribution is 2.25. The van der Waals surface area contributed by atoms with Crippen LogP contribution in [0.1, 0.15) is 32.1 Å². The van der Waals surface area contributed by atoms with Crippen LogP contribution < -0.4 is 5.32 Å². The van der Waals surface area contributed by atoms with Crippen molar-refractivity contribution in [3.05, 3.63) is 30.5 Å². The molecule has 2 N–H and O–H groups in total. The Morgan fingerprint density at radius 1 is 1.17 bits per heavy atom. The summed E-state index contributed by atoms with van der Waals surface area (Å²) < 4.78 is 0. The number of hydrogen-bond donors (Lipinski definition) is 2. The number of carbonyl (C=O) groups excluding carboxylic acids is 1. The maximum atomic E-state index is 12.1. The summed E-state index contributed by atoms with van der Waals surface area (Å²) in [5.74, 6) is 0.394. The number of rotatable bonds is 2. The van der Waals surface area contributed by atoms with Gasteiger partial charge in [0.05, 0.1) is 0 Å². The van der Waals surface area contributed by atoms with E-state index in [9.17, 15) is 4.79 Å². The summed E-state index contributed by atoms with van der Waals surface area (Å²) in [4.78, 5) is 15.3. The van der Waals surface area contributed by atoms with Gasteiger partial charge in [-0.1, -0.05) is 19.3 Å². The number of aromatic nitrogens is 1. The summed E-state index contributed by atoms with van der Waals surface area (Å²) in [6, 6.07) is 8.00. The largest absolute Gasteiger partial charge is 0.361 e. The van der Waals surface area contributed by atoms with Crippen molar-refractivity contribution in [2.24, 2.45) is 5.92 Å². The second kappa shape index (κ2) is 4.84. The lowest BCUT2D eigenvalue weighted by Gasteiger charge is -2.20.